The van der Waals surface area contributed by atoms with E-state index in [-0.39, 0.29) is 17.6 Å². The number of nitrogens with one attached hydrogen (secondary N) is 1. The highest BCUT2D eigenvalue weighted by Gasteiger charge is 2.35. The van der Waals surface area contributed by atoms with Gasteiger partial charge in [-0.05, 0) is 30.0 Å². The SMILES string of the molecule is COC(=O)c1cccc2[nH]c3c(c12)C(=O)CC(C)C3Cc1ccccc1. The molecule has 1 aliphatic rings. The number of rotatable bonds is 3. The Labute approximate surface area is 152 Å². The lowest BCUT2D eigenvalue weighted by atomic mass is 9.75. The topological polar surface area (TPSA) is 59.2 Å². The fourth-order valence-corrected chi connectivity index (χ4v) is 4.11. The lowest BCUT2D eigenvalue weighted by Crippen LogP contribution is -2.24. The van der Waals surface area contributed by atoms with Crippen molar-refractivity contribution < 1.29 is 14.3 Å². The number of hydrogen-bond acceptors (Lipinski definition) is 3. The van der Waals surface area contributed by atoms with Gasteiger partial charge in [0.05, 0.1) is 12.7 Å². The van der Waals surface area contributed by atoms with Gasteiger partial charge in [-0.25, -0.2) is 4.79 Å². The van der Waals surface area contributed by atoms with E-state index in [1.54, 1.807) is 6.07 Å². The van der Waals surface area contributed by atoms with Crippen molar-refractivity contribution in [1.29, 1.82) is 0 Å². The normalized spacial score (nSPS) is 19.4. The first kappa shape index (κ1) is 16.6. The van der Waals surface area contributed by atoms with Gasteiger partial charge in [0.15, 0.2) is 5.78 Å². The fraction of sp³-hybridized carbons (Fsp3) is 0.273. The first-order valence-corrected chi connectivity index (χ1v) is 8.90. The molecule has 0 bridgehead atoms. The van der Waals surface area contributed by atoms with Crippen LogP contribution >= 0.6 is 0 Å². The summed E-state index contributed by atoms with van der Waals surface area (Å²) in [6.45, 7) is 2.13. The average Bonchev–Trinajstić information content (AvgIpc) is 3.05. The molecule has 0 spiro atoms. The molecule has 0 aliphatic heterocycles. The van der Waals surface area contributed by atoms with Gasteiger partial charge in [-0.2, -0.15) is 0 Å². The number of aromatic amines is 1. The van der Waals surface area contributed by atoms with Crippen molar-refractivity contribution in [3.05, 3.63) is 70.9 Å². The van der Waals surface area contributed by atoms with Crippen LogP contribution in [0.1, 0.15) is 51.2 Å². The van der Waals surface area contributed by atoms with Crippen molar-refractivity contribution in [2.24, 2.45) is 5.92 Å². The van der Waals surface area contributed by atoms with Crippen LogP contribution in [0.15, 0.2) is 48.5 Å². The Morgan fingerprint density at radius 1 is 1.15 bits per heavy atom. The molecule has 1 heterocycles. The van der Waals surface area contributed by atoms with Gasteiger partial charge in [-0.1, -0.05) is 43.3 Å². The summed E-state index contributed by atoms with van der Waals surface area (Å²) >= 11 is 0. The highest BCUT2D eigenvalue weighted by molar-refractivity contribution is 6.16. The number of H-pyrrole nitrogens is 1. The Balaban J connectivity index is 1.89. The summed E-state index contributed by atoms with van der Waals surface area (Å²) < 4.78 is 4.92. The third-order valence-electron chi connectivity index (χ3n) is 5.40. The van der Waals surface area contributed by atoms with Crippen LogP contribution in [0.5, 0.6) is 0 Å². The molecule has 2 unspecified atom stereocenters. The van der Waals surface area contributed by atoms with Gasteiger partial charge in [0.1, 0.15) is 0 Å². The summed E-state index contributed by atoms with van der Waals surface area (Å²) in [6, 6.07) is 15.8. The predicted molar refractivity (Wildman–Crippen MR) is 101 cm³/mol. The highest BCUT2D eigenvalue weighted by Crippen LogP contribution is 2.42. The summed E-state index contributed by atoms with van der Waals surface area (Å²) in [5.41, 5.74) is 4.13. The molecule has 0 radical (unpaired) electrons. The van der Waals surface area contributed by atoms with Crippen LogP contribution in [0, 0.1) is 5.92 Å². The van der Waals surface area contributed by atoms with E-state index >= 15 is 0 Å². The average molecular weight is 347 g/mol. The number of carbonyl (C=O) groups is 2. The van der Waals surface area contributed by atoms with Crippen molar-refractivity contribution >= 4 is 22.7 Å². The van der Waals surface area contributed by atoms with Crippen LogP contribution in [-0.2, 0) is 11.2 Å². The van der Waals surface area contributed by atoms with Crippen LogP contribution in [0.4, 0.5) is 0 Å². The van der Waals surface area contributed by atoms with E-state index in [9.17, 15) is 9.59 Å². The second kappa shape index (κ2) is 6.45. The third-order valence-corrected chi connectivity index (χ3v) is 5.40. The number of fused-ring (bicyclic) bond motifs is 3. The Bertz CT molecular complexity index is 987. The molecular weight excluding hydrogens is 326 g/mol. The maximum atomic E-state index is 12.9. The molecule has 26 heavy (non-hydrogen) atoms. The lowest BCUT2D eigenvalue weighted by Gasteiger charge is -2.28. The van der Waals surface area contributed by atoms with E-state index in [0.29, 0.717) is 22.9 Å². The predicted octanol–water partition coefficient (Wildman–Crippen LogP) is 4.50. The minimum atomic E-state index is -0.413. The fourth-order valence-electron chi connectivity index (χ4n) is 4.11. The third kappa shape index (κ3) is 2.62. The van der Waals surface area contributed by atoms with Gasteiger partial charge in [0, 0.05) is 34.5 Å². The number of ketones is 1. The van der Waals surface area contributed by atoms with Crippen LogP contribution in [0.25, 0.3) is 10.9 Å². The monoisotopic (exact) mass is 347 g/mol. The maximum Gasteiger partial charge on any atom is 0.338 e. The molecule has 4 heteroatoms. The second-order valence-corrected chi connectivity index (χ2v) is 7.03. The molecular formula is C22H21NO3. The van der Waals surface area contributed by atoms with Crippen LogP contribution in [-0.4, -0.2) is 23.8 Å². The maximum absolute atomic E-state index is 12.9. The molecule has 0 saturated heterocycles. The summed E-state index contributed by atoms with van der Waals surface area (Å²) in [6.07, 6.45) is 1.36. The molecule has 2 atom stereocenters. The van der Waals surface area contributed by atoms with E-state index in [0.717, 1.165) is 17.6 Å². The summed E-state index contributed by atoms with van der Waals surface area (Å²) in [5, 5.41) is 0.698. The van der Waals surface area contributed by atoms with Crippen molar-refractivity contribution in [2.45, 2.75) is 25.7 Å². The van der Waals surface area contributed by atoms with E-state index < -0.39 is 5.97 Å². The zero-order valence-corrected chi connectivity index (χ0v) is 14.9. The highest BCUT2D eigenvalue weighted by atomic mass is 16.5. The standard InChI is InChI=1S/C22H21NO3/c1-13-11-18(24)20-19-15(22(25)26-2)9-6-10-17(19)23-21(20)16(13)12-14-7-4-3-5-8-14/h3-10,13,16,23H,11-12H2,1-2H3. The molecule has 132 valence electrons. The second-order valence-electron chi connectivity index (χ2n) is 7.03. The van der Waals surface area contributed by atoms with E-state index in [2.05, 4.69) is 24.0 Å². The number of Topliss-reactive ketones (excluding diaryl/α,β-unsaturated/α-hetero) is 1. The van der Waals surface area contributed by atoms with E-state index in [1.165, 1.54) is 12.7 Å². The van der Waals surface area contributed by atoms with Gasteiger partial charge in [0.25, 0.3) is 0 Å². The summed E-state index contributed by atoms with van der Waals surface area (Å²) in [7, 11) is 1.36. The minimum Gasteiger partial charge on any atom is -0.465 e. The lowest BCUT2D eigenvalue weighted by molar-refractivity contribution is 0.0603. The Morgan fingerprint density at radius 3 is 2.65 bits per heavy atom. The largest absolute Gasteiger partial charge is 0.465 e. The van der Waals surface area contributed by atoms with Gasteiger partial charge in [-0.15, -0.1) is 0 Å². The molecule has 0 fully saturated rings. The summed E-state index contributed by atoms with van der Waals surface area (Å²) in [5.74, 6) is 0.135. The molecule has 3 aromatic rings. The molecule has 1 aliphatic carbocycles. The number of esters is 1. The number of aromatic nitrogens is 1. The van der Waals surface area contributed by atoms with Gasteiger partial charge < -0.3 is 9.72 Å². The zero-order chi connectivity index (χ0) is 18.3. The minimum absolute atomic E-state index is 0.0967. The first-order chi connectivity index (χ1) is 12.6. The summed E-state index contributed by atoms with van der Waals surface area (Å²) in [4.78, 5) is 28.5. The van der Waals surface area contributed by atoms with Crippen molar-refractivity contribution in [1.82, 2.24) is 4.98 Å². The molecule has 1 aromatic heterocycles. The van der Waals surface area contributed by atoms with Crippen molar-refractivity contribution in [3.8, 4) is 0 Å². The van der Waals surface area contributed by atoms with Crippen LogP contribution < -0.4 is 0 Å². The van der Waals surface area contributed by atoms with Crippen LogP contribution in [0.3, 0.4) is 0 Å². The van der Waals surface area contributed by atoms with E-state index in [1.807, 2.05) is 30.3 Å². The smallest absolute Gasteiger partial charge is 0.338 e. The van der Waals surface area contributed by atoms with Crippen LogP contribution in [0.2, 0.25) is 0 Å². The van der Waals surface area contributed by atoms with Gasteiger partial charge in [0.2, 0.25) is 0 Å². The quantitative estimate of drug-likeness (QED) is 0.710. The molecule has 4 nitrogen and oxygen atoms in total. The molecule has 4 rings (SSSR count). The number of methoxy groups -OCH3 is 1. The van der Waals surface area contributed by atoms with Gasteiger partial charge in [-0.3, -0.25) is 4.79 Å². The Kier molecular flexibility index (Phi) is 4.11. The van der Waals surface area contributed by atoms with Crippen molar-refractivity contribution in [3.63, 3.8) is 0 Å². The number of carbonyl (C=O) groups excluding carboxylic acids is 2. The van der Waals surface area contributed by atoms with Crippen molar-refractivity contribution in [2.75, 3.05) is 7.11 Å². The van der Waals surface area contributed by atoms with Gasteiger partial charge >= 0.3 is 5.97 Å². The Hall–Kier alpha value is -2.88. The molecule has 0 amide bonds. The zero-order valence-electron chi connectivity index (χ0n) is 14.9. The number of hydrogen-bond donors (Lipinski definition) is 1. The molecule has 1 N–H and O–H groups in total. The first-order valence-electron chi connectivity index (χ1n) is 8.90. The van der Waals surface area contributed by atoms with E-state index in [4.69, 9.17) is 4.74 Å². The number of ether oxygens (including phenoxy) is 1. The number of benzene rings is 2. The Morgan fingerprint density at radius 2 is 1.92 bits per heavy atom. The molecule has 2 aromatic carbocycles. The molecule has 0 saturated carbocycles.